The minimum atomic E-state index is -0.360. The van der Waals surface area contributed by atoms with Crippen LogP contribution in [0.5, 0.6) is 0 Å². The highest BCUT2D eigenvalue weighted by atomic mass is 16.2. The van der Waals surface area contributed by atoms with E-state index in [1.54, 1.807) is 6.92 Å². The van der Waals surface area contributed by atoms with Gasteiger partial charge in [0.15, 0.2) is 0 Å². The van der Waals surface area contributed by atoms with Crippen LogP contribution < -0.4 is 11.5 Å². The summed E-state index contributed by atoms with van der Waals surface area (Å²) in [5.41, 5.74) is 11.9. The number of carbonyl (C=O) groups excluding carboxylic acids is 1. The van der Waals surface area contributed by atoms with Crippen molar-refractivity contribution in [3.8, 4) is 0 Å². The highest BCUT2D eigenvalue weighted by molar-refractivity contribution is 5.81. The van der Waals surface area contributed by atoms with Gasteiger partial charge in [0.2, 0.25) is 5.91 Å². The molecule has 1 amide bonds. The summed E-state index contributed by atoms with van der Waals surface area (Å²) in [5, 5.41) is 0. The molecule has 1 aliphatic carbocycles. The summed E-state index contributed by atoms with van der Waals surface area (Å²) in [6.45, 7) is 3.56. The fraction of sp³-hybridized carbons (Fsp3) is 0.917. The summed E-state index contributed by atoms with van der Waals surface area (Å²) in [6.07, 6.45) is 5.71. The van der Waals surface area contributed by atoms with E-state index in [1.807, 2.05) is 4.90 Å². The van der Waals surface area contributed by atoms with Gasteiger partial charge in [-0.2, -0.15) is 0 Å². The average molecular weight is 225 g/mol. The lowest BCUT2D eigenvalue weighted by molar-refractivity contribution is -0.131. The van der Waals surface area contributed by atoms with E-state index in [-0.39, 0.29) is 11.9 Å². The third kappa shape index (κ3) is 2.23. The van der Waals surface area contributed by atoms with E-state index in [0.717, 1.165) is 32.4 Å². The Bertz CT molecular complexity index is 269. The molecule has 16 heavy (non-hydrogen) atoms. The fourth-order valence-corrected chi connectivity index (χ4v) is 3.07. The molecule has 1 saturated carbocycles. The van der Waals surface area contributed by atoms with Crippen LogP contribution in [0.25, 0.3) is 0 Å². The van der Waals surface area contributed by atoms with Crippen LogP contribution in [0.2, 0.25) is 0 Å². The Balaban J connectivity index is 1.94. The molecule has 2 aliphatic rings. The van der Waals surface area contributed by atoms with E-state index in [9.17, 15) is 4.79 Å². The first-order valence-corrected chi connectivity index (χ1v) is 6.32. The molecule has 0 unspecified atom stereocenters. The van der Waals surface area contributed by atoms with Crippen molar-refractivity contribution >= 4 is 5.91 Å². The number of carbonyl (C=O) groups is 1. The Hall–Kier alpha value is -0.610. The monoisotopic (exact) mass is 225 g/mol. The zero-order valence-corrected chi connectivity index (χ0v) is 10.1. The summed E-state index contributed by atoms with van der Waals surface area (Å²) >= 11 is 0. The Morgan fingerprint density at radius 2 is 2.00 bits per heavy atom. The first kappa shape index (κ1) is 11.9. The van der Waals surface area contributed by atoms with Gasteiger partial charge in [-0.25, -0.2) is 0 Å². The molecule has 1 aliphatic heterocycles. The Kier molecular flexibility index (Phi) is 3.22. The molecule has 4 N–H and O–H groups in total. The molecule has 4 heteroatoms. The van der Waals surface area contributed by atoms with Crippen LogP contribution in [0.1, 0.15) is 39.0 Å². The zero-order chi connectivity index (χ0) is 11.8. The van der Waals surface area contributed by atoms with E-state index in [2.05, 4.69) is 0 Å². The van der Waals surface area contributed by atoms with Crippen LogP contribution in [0, 0.1) is 5.41 Å². The summed E-state index contributed by atoms with van der Waals surface area (Å²) in [6, 6.07) is 0.0183. The second-order valence-electron chi connectivity index (χ2n) is 5.64. The largest absolute Gasteiger partial charge is 0.341 e. The number of hydrogen-bond donors (Lipinski definition) is 2. The van der Waals surface area contributed by atoms with E-state index in [4.69, 9.17) is 11.5 Å². The van der Waals surface area contributed by atoms with Crippen LogP contribution in [-0.2, 0) is 4.79 Å². The SMILES string of the molecule is C[C@@H](N)C(=O)N1CCC2(CCC(N)CC2)C1. The van der Waals surface area contributed by atoms with Gasteiger partial charge in [0.1, 0.15) is 0 Å². The summed E-state index contributed by atoms with van der Waals surface area (Å²) in [5.74, 6) is 0.103. The van der Waals surface area contributed by atoms with E-state index in [1.165, 1.54) is 12.8 Å². The number of rotatable bonds is 1. The molecule has 0 aromatic carbocycles. The van der Waals surface area contributed by atoms with Crippen molar-refractivity contribution in [2.45, 2.75) is 51.1 Å². The molecule has 0 bridgehead atoms. The lowest BCUT2D eigenvalue weighted by Gasteiger charge is -2.36. The molecule has 1 saturated heterocycles. The highest BCUT2D eigenvalue weighted by Gasteiger charge is 2.42. The predicted molar refractivity (Wildman–Crippen MR) is 63.7 cm³/mol. The predicted octanol–water partition coefficient (Wildman–Crippen LogP) is 0.454. The molecule has 0 radical (unpaired) electrons. The number of likely N-dealkylation sites (tertiary alicyclic amines) is 1. The third-order valence-corrected chi connectivity index (χ3v) is 4.23. The molecule has 4 nitrogen and oxygen atoms in total. The van der Waals surface area contributed by atoms with Crippen molar-refractivity contribution in [3.63, 3.8) is 0 Å². The minimum Gasteiger partial charge on any atom is -0.341 e. The van der Waals surface area contributed by atoms with Gasteiger partial charge in [0.05, 0.1) is 6.04 Å². The lowest BCUT2D eigenvalue weighted by atomic mass is 9.72. The molecule has 2 rings (SSSR count). The van der Waals surface area contributed by atoms with Crippen molar-refractivity contribution in [3.05, 3.63) is 0 Å². The van der Waals surface area contributed by atoms with E-state index >= 15 is 0 Å². The molecule has 0 aromatic heterocycles. The molecular weight excluding hydrogens is 202 g/mol. The summed E-state index contributed by atoms with van der Waals surface area (Å²) in [4.78, 5) is 13.8. The van der Waals surface area contributed by atoms with Gasteiger partial charge in [-0.15, -0.1) is 0 Å². The zero-order valence-electron chi connectivity index (χ0n) is 10.1. The molecule has 2 fully saturated rings. The standard InChI is InChI=1S/C12H23N3O/c1-9(13)11(16)15-7-6-12(8-15)4-2-10(14)3-5-12/h9-10H,2-8,13-14H2,1H3/t9-,10?,12?/m1/s1. The topological polar surface area (TPSA) is 72.4 Å². The van der Waals surface area contributed by atoms with Crippen molar-refractivity contribution in [1.29, 1.82) is 0 Å². The number of hydrogen-bond acceptors (Lipinski definition) is 3. The smallest absolute Gasteiger partial charge is 0.239 e. The van der Waals surface area contributed by atoms with Gasteiger partial charge in [-0.1, -0.05) is 0 Å². The van der Waals surface area contributed by atoms with Gasteiger partial charge in [0.25, 0.3) is 0 Å². The lowest BCUT2D eigenvalue weighted by Crippen LogP contribution is -2.43. The maximum atomic E-state index is 11.8. The second-order valence-corrected chi connectivity index (χ2v) is 5.64. The highest BCUT2D eigenvalue weighted by Crippen LogP contribution is 2.43. The first-order chi connectivity index (χ1) is 7.52. The number of nitrogens with two attached hydrogens (primary N) is 2. The fourth-order valence-electron chi connectivity index (χ4n) is 3.07. The summed E-state index contributed by atoms with van der Waals surface area (Å²) < 4.78 is 0. The van der Waals surface area contributed by atoms with Crippen LogP contribution in [-0.4, -0.2) is 36.0 Å². The van der Waals surface area contributed by atoms with Crippen LogP contribution in [0.3, 0.4) is 0 Å². The third-order valence-electron chi connectivity index (χ3n) is 4.23. The van der Waals surface area contributed by atoms with Gasteiger partial charge >= 0.3 is 0 Å². The maximum absolute atomic E-state index is 11.8. The molecule has 0 aromatic rings. The molecular formula is C12H23N3O. The quantitative estimate of drug-likeness (QED) is 0.680. The maximum Gasteiger partial charge on any atom is 0.239 e. The van der Waals surface area contributed by atoms with Crippen molar-refractivity contribution in [2.24, 2.45) is 16.9 Å². The second kappa shape index (κ2) is 4.34. The molecule has 1 heterocycles. The molecule has 92 valence electrons. The van der Waals surface area contributed by atoms with Crippen molar-refractivity contribution < 1.29 is 4.79 Å². The van der Waals surface area contributed by atoms with Gasteiger partial charge in [0, 0.05) is 19.1 Å². The van der Waals surface area contributed by atoms with Gasteiger partial charge in [-0.3, -0.25) is 4.79 Å². The molecule has 1 atom stereocenters. The number of nitrogens with zero attached hydrogens (tertiary/aromatic N) is 1. The van der Waals surface area contributed by atoms with Crippen LogP contribution >= 0.6 is 0 Å². The average Bonchev–Trinajstić information content (AvgIpc) is 2.66. The van der Waals surface area contributed by atoms with Crippen molar-refractivity contribution in [1.82, 2.24) is 4.90 Å². The van der Waals surface area contributed by atoms with Crippen molar-refractivity contribution in [2.75, 3.05) is 13.1 Å². The summed E-state index contributed by atoms with van der Waals surface area (Å²) in [7, 11) is 0. The Labute approximate surface area is 97.3 Å². The Morgan fingerprint density at radius 1 is 1.38 bits per heavy atom. The van der Waals surface area contributed by atoms with Crippen LogP contribution in [0.15, 0.2) is 0 Å². The van der Waals surface area contributed by atoms with Gasteiger partial charge in [-0.05, 0) is 44.4 Å². The molecule has 1 spiro atoms. The number of amides is 1. The first-order valence-electron chi connectivity index (χ1n) is 6.32. The normalized spacial score (nSPS) is 36.7. The van der Waals surface area contributed by atoms with E-state index < -0.39 is 0 Å². The van der Waals surface area contributed by atoms with E-state index in [0.29, 0.717) is 11.5 Å². The van der Waals surface area contributed by atoms with Gasteiger partial charge < -0.3 is 16.4 Å². The Morgan fingerprint density at radius 3 is 2.56 bits per heavy atom. The van der Waals surface area contributed by atoms with Crippen LogP contribution in [0.4, 0.5) is 0 Å². The minimum absolute atomic E-state index is 0.103.